The van der Waals surface area contributed by atoms with Gasteiger partial charge in [-0.2, -0.15) is 0 Å². The minimum Gasteiger partial charge on any atom is -0.508 e. The Kier molecular flexibility index (Phi) is 8.01. The van der Waals surface area contributed by atoms with E-state index in [0.717, 1.165) is 11.1 Å². The van der Waals surface area contributed by atoms with Crippen LogP contribution in [0.1, 0.15) is 48.2 Å². The number of allylic oxidation sites excluding steroid dienone is 3. The fraction of sp³-hybridized carbons (Fsp3) is 0.240. The van der Waals surface area contributed by atoms with Crippen LogP contribution >= 0.6 is 0 Å². The van der Waals surface area contributed by atoms with Crippen molar-refractivity contribution in [3.05, 3.63) is 83.0 Å². The van der Waals surface area contributed by atoms with E-state index in [2.05, 4.69) is 6.58 Å². The molecule has 1 atom stereocenters. The molecule has 0 saturated carbocycles. The molecule has 1 unspecified atom stereocenters. The molecule has 5 heteroatoms. The Morgan fingerprint density at radius 2 is 1.73 bits per heavy atom. The first-order chi connectivity index (χ1) is 14.2. The summed E-state index contributed by atoms with van der Waals surface area (Å²) >= 11 is 0. The Labute approximate surface area is 177 Å². The van der Waals surface area contributed by atoms with Crippen molar-refractivity contribution in [2.45, 2.75) is 39.2 Å². The van der Waals surface area contributed by atoms with Gasteiger partial charge in [-0.05, 0) is 69.0 Å². The van der Waals surface area contributed by atoms with Crippen molar-refractivity contribution >= 4 is 11.9 Å². The maximum absolute atomic E-state index is 12.5. The van der Waals surface area contributed by atoms with Gasteiger partial charge in [0.1, 0.15) is 17.2 Å². The van der Waals surface area contributed by atoms with Gasteiger partial charge >= 0.3 is 0 Å². The first-order valence-electron chi connectivity index (χ1n) is 9.73. The number of aliphatic hydroxyl groups is 1. The molecule has 2 aromatic carbocycles. The molecule has 0 spiro atoms. The zero-order valence-electron chi connectivity index (χ0n) is 17.3. The van der Waals surface area contributed by atoms with Crippen LogP contribution in [-0.2, 0) is 6.42 Å². The normalized spacial score (nSPS) is 12.8. The number of aliphatic hydroxyl groups excluding tert-OH is 1. The van der Waals surface area contributed by atoms with Crippen molar-refractivity contribution in [3.8, 4) is 17.2 Å². The number of benzene rings is 2. The number of carbonyl (C=O) groups excluding carboxylic acids is 1. The lowest BCUT2D eigenvalue weighted by Crippen LogP contribution is -2.06. The van der Waals surface area contributed by atoms with Crippen LogP contribution in [0.2, 0.25) is 0 Å². The van der Waals surface area contributed by atoms with E-state index in [0.29, 0.717) is 18.4 Å². The van der Waals surface area contributed by atoms with Crippen molar-refractivity contribution in [3.63, 3.8) is 0 Å². The molecular weight excluding hydrogens is 380 g/mol. The van der Waals surface area contributed by atoms with E-state index in [-0.39, 0.29) is 34.8 Å². The van der Waals surface area contributed by atoms with Crippen molar-refractivity contribution in [2.24, 2.45) is 0 Å². The summed E-state index contributed by atoms with van der Waals surface area (Å²) in [6, 6.07) is 9.15. The number of phenolic OH excluding ortho intramolecular Hbond substituents is 3. The molecule has 0 aliphatic heterocycles. The molecule has 0 radical (unpaired) electrons. The molecule has 5 nitrogen and oxygen atoms in total. The lowest BCUT2D eigenvalue weighted by molar-refractivity contribution is 0.104. The number of phenols is 3. The molecule has 0 saturated heterocycles. The van der Waals surface area contributed by atoms with Gasteiger partial charge in [-0.3, -0.25) is 4.79 Å². The Balaban J connectivity index is 2.14. The van der Waals surface area contributed by atoms with Gasteiger partial charge in [0.25, 0.3) is 0 Å². The highest BCUT2D eigenvalue weighted by Crippen LogP contribution is 2.32. The highest BCUT2D eigenvalue weighted by molar-refractivity contribution is 6.09. The highest BCUT2D eigenvalue weighted by Gasteiger charge is 2.15. The van der Waals surface area contributed by atoms with Crippen LogP contribution in [0.15, 0.2) is 66.3 Å². The fourth-order valence-corrected chi connectivity index (χ4v) is 2.86. The summed E-state index contributed by atoms with van der Waals surface area (Å²) < 4.78 is 0. The first-order valence-corrected chi connectivity index (χ1v) is 9.73. The van der Waals surface area contributed by atoms with Gasteiger partial charge in [-0.15, -0.1) is 0 Å². The third-order valence-electron chi connectivity index (χ3n) is 4.88. The van der Waals surface area contributed by atoms with Gasteiger partial charge in [0.2, 0.25) is 0 Å². The number of carbonyl (C=O) groups is 1. The lowest BCUT2D eigenvalue weighted by atomic mass is 9.99. The summed E-state index contributed by atoms with van der Waals surface area (Å²) in [5, 5.41) is 39.8. The molecule has 2 rings (SSSR count). The summed E-state index contributed by atoms with van der Waals surface area (Å²) in [5.74, 6) is -0.595. The summed E-state index contributed by atoms with van der Waals surface area (Å²) in [5.41, 5.74) is 2.82. The monoisotopic (exact) mass is 408 g/mol. The number of rotatable bonds is 9. The third kappa shape index (κ3) is 6.36. The number of aromatic hydroxyl groups is 3. The molecule has 0 fully saturated rings. The predicted octanol–water partition coefficient (Wildman–Crippen LogP) is 4.91. The van der Waals surface area contributed by atoms with Gasteiger partial charge in [0.15, 0.2) is 5.78 Å². The lowest BCUT2D eigenvalue weighted by Gasteiger charge is -2.11. The first kappa shape index (κ1) is 23.0. The highest BCUT2D eigenvalue weighted by atomic mass is 16.3. The maximum Gasteiger partial charge on any atom is 0.189 e. The van der Waals surface area contributed by atoms with Gasteiger partial charge in [-0.25, -0.2) is 0 Å². The quantitative estimate of drug-likeness (QED) is 0.269. The molecular formula is C25H28O5. The van der Waals surface area contributed by atoms with E-state index in [9.17, 15) is 25.2 Å². The SMILES string of the molecule is C=C(C)C(O)CC/C(C)=C/Cc1c(O)ccc(C(=O)/C=C/c2ccc(O)cc2)c1O. The Morgan fingerprint density at radius 1 is 1.07 bits per heavy atom. The van der Waals surface area contributed by atoms with E-state index in [1.54, 1.807) is 25.1 Å². The van der Waals surface area contributed by atoms with Crippen LogP contribution in [0, 0.1) is 0 Å². The van der Waals surface area contributed by atoms with Crippen molar-refractivity contribution in [1.82, 2.24) is 0 Å². The largest absolute Gasteiger partial charge is 0.508 e. The van der Waals surface area contributed by atoms with Crippen molar-refractivity contribution < 1.29 is 25.2 Å². The van der Waals surface area contributed by atoms with Gasteiger partial charge < -0.3 is 20.4 Å². The molecule has 4 N–H and O–H groups in total. The second-order valence-corrected chi connectivity index (χ2v) is 7.40. The minimum atomic E-state index is -0.559. The van der Waals surface area contributed by atoms with E-state index in [1.165, 1.54) is 30.3 Å². The summed E-state index contributed by atoms with van der Waals surface area (Å²) in [7, 11) is 0. The van der Waals surface area contributed by atoms with E-state index in [4.69, 9.17) is 0 Å². The van der Waals surface area contributed by atoms with Crippen LogP contribution in [0.3, 0.4) is 0 Å². The molecule has 0 aliphatic rings. The number of hydrogen-bond acceptors (Lipinski definition) is 5. The van der Waals surface area contributed by atoms with E-state index in [1.807, 2.05) is 13.0 Å². The van der Waals surface area contributed by atoms with Crippen LogP contribution in [0.4, 0.5) is 0 Å². The molecule has 0 heterocycles. The van der Waals surface area contributed by atoms with Gasteiger partial charge in [-0.1, -0.05) is 42.0 Å². The molecule has 0 bridgehead atoms. The molecule has 158 valence electrons. The molecule has 0 aromatic heterocycles. The summed E-state index contributed by atoms with van der Waals surface area (Å²) in [6.07, 6.45) is 5.69. The topological polar surface area (TPSA) is 98.0 Å². The fourth-order valence-electron chi connectivity index (χ4n) is 2.86. The van der Waals surface area contributed by atoms with Crippen molar-refractivity contribution in [1.29, 1.82) is 0 Å². The molecule has 0 aliphatic carbocycles. The summed E-state index contributed by atoms with van der Waals surface area (Å²) in [4.78, 5) is 12.5. The zero-order valence-corrected chi connectivity index (χ0v) is 17.3. The predicted molar refractivity (Wildman–Crippen MR) is 119 cm³/mol. The van der Waals surface area contributed by atoms with Crippen LogP contribution < -0.4 is 0 Å². The Hall–Kier alpha value is -3.31. The van der Waals surface area contributed by atoms with E-state index >= 15 is 0 Å². The number of hydrogen-bond donors (Lipinski definition) is 4. The Morgan fingerprint density at radius 3 is 2.37 bits per heavy atom. The second-order valence-electron chi connectivity index (χ2n) is 7.40. The Bertz CT molecular complexity index is 968. The summed E-state index contributed by atoms with van der Waals surface area (Å²) in [6.45, 7) is 7.42. The number of ketones is 1. The average molecular weight is 408 g/mol. The standard InChI is InChI=1S/C25H28O5/c1-16(2)22(27)13-5-17(3)4-11-20-24(29)15-12-21(25(20)30)23(28)14-8-18-6-9-19(26)10-7-18/h4,6-10,12,14-15,22,26-27,29-30H,1,5,11,13H2,2-3H3/b14-8+,17-4+. The van der Waals surface area contributed by atoms with E-state index < -0.39 is 11.9 Å². The van der Waals surface area contributed by atoms with Gasteiger partial charge in [0, 0.05) is 5.56 Å². The van der Waals surface area contributed by atoms with Crippen LogP contribution in [-0.4, -0.2) is 32.3 Å². The van der Waals surface area contributed by atoms with Crippen molar-refractivity contribution in [2.75, 3.05) is 0 Å². The van der Waals surface area contributed by atoms with Crippen LogP contribution in [0.5, 0.6) is 17.2 Å². The molecule has 2 aromatic rings. The molecule has 0 amide bonds. The second kappa shape index (κ2) is 10.5. The maximum atomic E-state index is 12.5. The zero-order chi connectivity index (χ0) is 22.3. The average Bonchev–Trinajstić information content (AvgIpc) is 2.71. The van der Waals surface area contributed by atoms with Crippen LogP contribution in [0.25, 0.3) is 6.08 Å². The minimum absolute atomic E-state index is 0.0856. The third-order valence-corrected chi connectivity index (χ3v) is 4.88. The molecule has 30 heavy (non-hydrogen) atoms. The van der Waals surface area contributed by atoms with Gasteiger partial charge in [0.05, 0.1) is 11.7 Å². The smallest absolute Gasteiger partial charge is 0.189 e.